The number of furan rings is 1. The Balaban J connectivity index is 1.96. The molecule has 3 aromatic rings. The highest BCUT2D eigenvalue weighted by atomic mass is 32.1. The Labute approximate surface area is 175 Å². The van der Waals surface area contributed by atoms with E-state index in [0.717, 1.165) is 5.76 Å². The molecule has 3 heterocycles. The summed E-state index contributed by atoms with van der Waals surface area (Å²) in [4.78, 5) is 31.1. The molecule has 1 N–H and O–H groups in total. The van der Waals surface area contributed by atoms with Crippen LogP contribution in [0, 0.1) is 6.92 Å². The molecule has 0 radical (unpaired) electrons. The zero-order valence-electron chi connectivity index (χ0n) is 16.7. The SMILES string of the molecule is CCOC(=O)C1=C(C)N=c2s/c(=C\c3ccc(C)o3)c(=O)n2[C@@H]1c1ccc(O)cc1. The van der Waals surface area contributed by atoms with Crippen LogP contribution in [-0.2, 0) is 9.53 Å². The van der Waals surface area contributed by atoms with Gasteiger partial charge in [0.2, 0.25) is 0 Å². The van der Waals surface area contributed by atoms with Gasteiger partial charge in [0.1, 0.15) is 17.3 Å². The van der Waals surface area contributed by atoms with Crippen molar-refractivity contribution in [2.24, 2.45) is 4.99 Å². The Bertz CT molecular complexity index is 1330. The fraction of sp³-hybridized carbons (Fsp3) is 0.227. The summed E-state index contributed by atoms with van der Waals surface area (Å²) in [5, 5.41) is 9.68. The lowest BCUT2D eigenvalue weighted by molar-refractivity contribution is -0.139. The minimum Gasteiger partial charge on any atom is -0.508 e. The van der Waals surface area contributed by atoms with E-state index >= 15 is 0 Å². The Hall–Kier alpha value is -3.39. The number of rotatable bonds is 4. The first kappa shape index (κ1) is 19.9. The van der Waals surface area contributed by atoms with E-state index in [4.69, 9.17) is 9.15 Å². The van der Waals surface area contributed by atoms with E-state index in [0.29, 0.717) is 31.9 Å². The first-order valence-electron chi connectivity index (χ1n) is 9.44. The Morgan fingerprint density at radius 2 is 2.00 bits per heavy atom. The third kappa shape index (κ3) is 3.50. The van der Waals surface area contributed by atoms with Gasteiger partial charge in [0.25, 0.3) is 5.56 Å². The number of thiazole rings is 1. The number of nitrogens with zero attached hydrogens (tertiary/aromatic N) is 2. The molecule has 0 unspecified atom stereocenters. The number of phenolic OH excluding ortho intramolecular Hbond substituents is 1. The van der Waals surface area contributed by atoms with Gasteiger partial charge in [-0.05, 0) is 50.6 Å². The number of esters is 1. The van der Waals surface area contributed by atoms with Crippen LogP contribution in [0.5, 0.6) is 5.75 Å². The smallest absolute Gasteiger partial charge is 0.338 e. The van der Waals surface area contributed by atoms with Crippen molar-refractivity contribution in [2.75, 3.05) is 6.61 Å². The van der Waals surface area contributed by atoms with Crippen LogP contribution >= 0.6 is 11.3 Å². The number of hydrogen-bond acceptors (Lipinski definition) is 7. The highest BCUT2D eigenvalue weighted by Crippen LogP contribution is 2.31. The fourth-order valence-corrected chi connectivity index (χ4v) is 4.45. The molecule has 7 nitrogen and oxygen atoms in total. The van der Waals surface area contributed by atoms with Gasteiger partial charge >= 0.3 is 5.97 Å². The lowest BCUT2D eigenvalue weighted by atomic mass is 9.96. The van der Waals surface area contributed by atoms with E-state index in [2.05, 4.69) is 4.99 Å². The van der Waals surface area contributed by atoms with Crippen LogP contribution in [0.15, 0.2) is 61.9 Å². The number of hydrogen-bond donors (Lipinski definition) is 1. The minimum absolute atomic E-state index is 0.0951. The number of aromatic hydroxyl groups is 1. The lowest BCUT2D eigenvalue weighted by Gasteiger charge is -2.24. The largest absolute Gasteiger partial charge is 0.508 e. The molecule has 0 saturated heterocycles. The number of carbonyl (C=O) groups excluding carboxylic acids is 1. The van der Waals surface area contributed by atoms with Crippen LogP contribution in [0.1, 0.15) is 37.0 Å². The van der Waals surface area contributed by atoms with Gasteiger partial charge in [-0.25, -0.2) is 9.79 Å². The Morgan fingerprint density at radius 3 is 2.63 bits per heavy atom. The van der Waals surface area contributed by atoms with Crippen molar-refractivity contribution in [3.63, 3.8) is 0 Å². The molecule has 4 rings (SSSR count). The summed E-state index contributed by atoms with van der Waals surface area (Å²) in [5.41, 5.74) is 1.19. The van der Waals surface area contributed by atoms with Crippen LogP contribution in [0.4, 0.5) is 0 Å². The third-order valence-electron chi connectivity index (χ3n) is 4.76. The maximum absolute atomic E-state index is 13.3. The summed E-state index contributed by atoms with van der Waals surface area (Å²) in [6.07, 6.45) is 1.67. The number of carbonyl (C=O) groups is 1. The first-order chi connectivity index (χ1) is 14.4. The molecule has 0 saturated carbocycles. The fourth-order valence-electron chi connectivity index (χ4n) is 3.42. The number of fused-ring (bicyclic) bond motifs is 1. The molecule has 8 heteroatoms. The van der Waals surface area contributed by atoms with Crippen molar-refractivity contribution in [1.82, 2.24) is 4.57 Å². The van der Waals surface area contributed by atoms with Crippen molar-refractivity contribution in [2.45, 2.75) is 26.8 Å². The number of phenols is 1. The highest BCUT2D eigenvalue weighted by molar-refractivity contribution is 7.07. The maximum atomic E-state index is 13.3. The third-order valence-corrected chi connectivity index (χ3v) is 5.74. The molecule has 0 bridgehead atoms. The molecule has 0 spiro atoms. The molecule has 1 aliphatic rings. The van der Waals surface area contributed by atoms with Gasteiger partial charge in [0.15, 0.2) is 4.80 Å². The number of allylic oxidation sites excluding steroid dienone is 1. The molecule has 1 aliphatic heterocycles. The molecule has 30 heavy (non-hydrogen) atoms. The molecule has 1 aromatic carbocycles. The average molecular weight is 424 g/mol. The number of aromatic nitrogens is 1. The van der Waals surface area contributed by atoms with Crippen molar-refractivity contribution in [3.05, 3.63) is 84.4 Å². The first-order valence-corrected chi connectivity index (χ1v) is 10.3. The Morgan fingerprint density at radius 1 is 1.27 bits per heavy atom. The van der Waals surface area contributed by atoms with Gasteiger partial charge in [-0.3, -0.25) is 9.36 Å². The molecule has 2 aromatic heterocycles. The second kappa shape index (κ2) is 7.79. The summed E-state index contributed by atoms with van der Waals surface area (Å²) >= 11 is 1.23. The van der Waals surface area contributed by atoms with Gasteiger partial charge < -0.3 is 14.3 Å². The number of ether oxygens (including phenoxy) is 1. The van der Waals surface area contributed by atoms with Gasteiger partial charge in [0.05, 0.1) is 28.5 Å². The molecule has 1 atom stereocenters. The van der Waals surface area contributed by atoms with E-state index in [1.165, 1.54) is 28.0 Å². The molecular weight excluding hydrogens is 404 g/mol. The molecule has 0 aliphatic carbocycles. The van der Waals surface area contributed by atoms with Gasteiger partial charge in [-0.1, -0.05) is 23.5 Å². The minimum atomic E-state index is -0.707. The van der Waals surface area contributed by atoms with Crippen molar-refractivity contribution in [1.29, 1.82) is 0 Å². The average Bonchev–Trinajstić information content (AvgIpc) is 3.24. The topological polar surface area (TPSA) is 94.0 Å². The van der Waals surface area contributed by atoms with Crippen LogP contribution < -0.4 is 14.9 Å². The highest BCUT2D eigenvalue weighted by Gasteiger charge is 2.33. The summed E-state index contributed by atoms with van der Waals surface area (Å²) in [6, 6.07) is 9.33. The maximum Gasteiger partial charge on any atom is 0.338 e. The van der Waals surface area contributed by atoms with Crippen molar-refractivity contribution in [3.8, 4) is 5.75 Å². The monoisotopic (exact) mass is 424 g/mol. The number of aryl methyl sites for hydroxylation is 1. The predicted octanol–water partition coefficient (Wildman–Crippen LogP) is 2.41. The van der Waals surface area contributed by atoms with Crippen molar-refractivity contribution >= 4 is 23.4 Å². The van der Waals surface area contributed by atoms with E-state index in [9.17, 15) is 14.7 Å². The van der Waals surface area contributed by atoms with Crippen LogP contribution in [0.25, 0.3) is 6.08 Å². The van der Waals surface area contributed by atoms with Crippen LogP contribution in [0.3, 0.4) is 0 Å². The molecule has 0 fully saturated rings. The molecular formula is C22H20N2O5S. The lowest BCUT2D eigenvalue weighted by Crippen LogP contribution is -2.39. The van der Waals surface area contributed by atoms with Crippen LogP contribution in [-0.4, -0.2) is 22.2 Å². The molecule has 0 amide bonds. The second-order valence-electron chi connectivity index (χ2n) is 6.84. The van der Waals surface area contributed by atoms with E-state index in [1.807, 2.05) is 13.0 Å². The standard InChI is InChI=1S/C22H20N2O5S/c1-4-28-21(27)18-13(3)23-22-24(19(18)14-6-8-15(25)9-7-14)20(26)17(30-22)11-16-10-5-12(2)29-16/h5-11,19,25H,4H2,1-3H3/b17-11-/t19-/m1/s1. The second-order valence-corrected chi connectivity index (χ2v) is 7.85. The normalized spacial score (nSPS) is 16.4. The summed E-state index contributed by atoms with van der Waals surface area (Å²) in [5.74, 6) is 0.891. The van der Waals surface area contributed by atoms with E-state index in [-0.39, 0.29) is 17.9 Å². The van der Waals surface area contributed by atoms with Gasteiger partial charge in [-0.15, -0.1) is 0 Å². The summed E-state index contributed by atoms with van der Waals surface area (Å²) in [7, 11) is 0. The summed E-state index contributed by atoms with van der Waals surface area (Å²) < 4.78 is 12.8. The summed E-state index contributed by atoms with van der Waals surface area (Å²) in [6.45, 7) is 5.50. The van der Waals surface area contributed by atoms with Gasteiger partial charge in [0, 0.05) is 6.08 Å². The van der Waals surface area contributed by atoms with Crippen molar-refractivity contribution < 1.29 is 19.1 Å². The quantitative estimate of drug-likeness (QED) is 0.649. The van der Waals surface area contributed by atoms with E-state index < -0.39 is 12.0 Å². The van der Waals surface area contributed by atoms with Crippen LogP contribution in [0.2, 0.25) is 0 Å². The number of benzene rings is 1. The predicted molar refractivity (Wildman–Crippen MR) is 112 cm³/mol. The zero-order valence-corrected chi connectivity index (χ0v) is 17.5. The van der Waals surface area contributed by atoms with E-state index in [1.54, 1.807) is 38.1 Å². The zero-order chi connectivity index (χ0) is 21.4. The van der Waals surface area contributed by atoms with Gasteiger partial charge in [-0.2, -0.15) is 0 Å². The molecule has 154 valence electrons. The Kier molecular flexibility index (Phi) is 5.17.